The topological polar surface area (TPSA) is 28.6 Å². The molecule has 0 aromatic carbocycles. The van der Waals surface area contributed by atoms with Crippen molar-refractivity contribution in [3.8, 4) is 0 Å². The molecule has 0 radical (unpaired) electrons. The van der Waals surface area contributed by atoms with Gasteiger partial charge in [-0.15, -0.1) is 0 Å². The van der Waals surface area contributed by atoms with Crippen LogP contribution in [-0.4, -0.2) is 60.2 Å². The van der Waals surface area contributed by atoms with E-state index in [1.165, 1.54) is 31.5 Å². The Labute approximate surface area is 137 Å². The standard InChI is InChI=1S/C17H24ClN3O/c18-16-4-1-13(9-19-16)10-20-11-14-2-3-15(12-20)17(14)21-5-7-22-8-6-21/h1,4,9,14-15,17H,2-3,5-8,10-12H2. The fourth-order valence-corrected chi connectivity index (χ4v) is 4.76. The summed E-state index contributed by atoms with van der Waals surface area (Å²) in [4.78, 5) is 9.52. The van der Waals surface area contributed by atoms with Crippen LogP contribution in [0, 0.1) is 11.8 Å². The predicted molar refractivity (Wildman–Crippen MR) is 86.9 cm³/mol. The Hall–Kier alpha value is -0.680. The van der Waals surface area contributed by atoms with Crippen LogP contribution in [0.5, 0.6) is 0 Å². The number of rotatable bonds is 3. The number of likely N-dealkylation sites (tertiary alicyclic amines) is 1. The first-order valence-electron chi connectivity index (χ1n) is 8.44. The van der Waals surface area contributed by atoms with Crippen LogP contribution in [0.4, 0.5) is 0 Å². The summed E-state index contributed by atoms with van der Waals surface area (Å²) in [5.74, 6) is 1.66. The summed E-state index contributed by atoms with van der Waals surface area (Å²) < 4.78 is 5.52. The van der Waals surface area contributed by atoms with Crippen molar-refractivity contribution >= 4 is 11.6 Å². The van der Waals surface area contributed by atoms with Gasteiger partial charge < -0.3 is 4.74 Å². The summed E-state index contributed by atoms with van der Waals surface area (Å²) in [7, 11) is 0. The maximum Gasteiger partial charge on any atom is 0.129 e. The van der Waals surface area contributed by atoms with E-state index in [-0.39, 0.29) is 0 Å². The molecule has 1 aromatic heterocycles. The van der Waals surface area contributed by atoms with Crippen molar-refractivity contribution in [2.75, 3.05) is 39.4 Å². The Bertz CT molecular complexity index is 489. The Morgan fingerprint density at radius 2 is 1.86 bits per heavy atom. The van der Waals surface area contributed by atoms with Crippen LogP contribution in [0.15, 0.2) is 18.3 Å². The number of fused-ring (bicyclic) bond motifs is 2. The van der Waals surface area contributed by atoms with Gasteiger partial charge in [-0.1, -0.05) is 17.7 Å². The van der Waals surface area contributed by atoms with Crippen LogP contribution < -0.4 is 0 Å². The lowest BCUT2D eigenvalue weighted by Gasteiger charge is -2.45. The summed E-state index contributed by atoms with van der Waals surface area (Å²) in [6, 6.07) is 4.79. The Balaban J connectivity index is 1.40. The molecule has 0 amide bonds. The molecule has 2 saturated heterocycles. The number of nitrogens with zero attached hydrogens (tertiary/aromatic N) is 3. The Morgan fingerprint density at radius 3 is 2.50 bits per heavy atom. The normalized spacial score (nSPS) is 33.2. The highest BCUT2D eigenvalue weighted by molar-refractivity contribution is 6.29. The molecule has 3 heterocycles. The lowest BCUT2D eigenvalue weighted by molar-refractivity contribution is -0.0256. The lowest BCUT2D eigenvalue weighted by Crippen LogP contribution is -2.55. The molecule has 2 atom stereocenters. The first kappa shape index (κ1) is 14.9. The monoisotopic (exact) mass is 321 g/mol. The van der Waals surface area contributed by atoms with Crippen molar-refractivity contribution in [3.63, 3.8) is 0 Å². The van der Waals surface area contributed by atoms with Crippen molar-refractivity contribution in [1.29, 1.82) is 0 Å². The first-order valence-corrected chi connectivity index (χ1v) is 8.82. The smallest absolute Gasteiger partial charge is 0.129 e. The molecular weight excluding hydrogens is 298 g/mol. The van der Waals surface area contributed by atoms with Gasteiger partial charge in [-0.05, 0) is 36.3 Å². The molecule has 2 aliphatic heterocycles. The van der Waals surface area contributed by atoms with E-state index >= 15 is 0 Å². The van der Waals surface area contributed by atoms with Gasteiger partial charge in [0.05, 0.1) is 13.2 Å². The number of aromatic nitrogens is 1. The van der Waals surface area contributed by atoms with Crippen LogP contribution in [0.2, 0.25) is 5.15 Å². The fourth-order valence-electron chi connectivity index (χ4n) is 4.65. The van der Waals surface area contributed by atoms with Crippen LogP contribution in [0.1, 0.15) is 18.4 Å². The van der Waals surface area contributed by atoms with Gasteiger partial charge in [0.2, 0.25) is 0 Å². The summed E-state index contributed by atoms with van der Waals surface area (Å²) in [5.41, 5.74) is 1.27. The van der Waals surface area contributed by atoms with Crippen molar-refractivity contribution in [2.45, 2.75) is 25.4 Å². The number of piperidine rings is 1. The van der Waals surface area contributed by atoms with Gasteiger partial charge in [-0.3, -0.25) is 9.80 Å². The number of halogens is 1. The molecule has 0 spiro atoms. The summed E-state index contributed by atoms with van der Waals surface area (Å²) in [6.45, 7) is 7.53. The zero-order valence-corrected chi connectivity index (χ0v) is 13.7. The highest BCUT2D eigenvalue weighted by Gasteiger charge is 2.44. The molecule has 1 saturated carbocycles. The minimum atomic E-state index is 0.579. The van der Waals surface area contributed by atoms with E-state index in [2.05, 4.69) is 20.9 Å². The predicted octanol–water partition coefficient (Wildman–Crippen LogP) is 2.28. The van der Waals surface area contributed by atoms with Crippen molar-refractivity contribution in [3.05, 3.63) is 29.0 Å². The third-order valence-electron chi connectivity index (χ3n) is 5.52. The second kappa shape index (κ2) is 6.44. The van der Waals surface area contributed by atoms with E-state index < -0.39 is 0 Å². The highest BCUT2D eigenvalue weighted by atomic mass is 35.5. The Kier molecular flexibility index (Phi) is 4.36. The molecule has 0 N–H and O–H groups in total. The van der Waals surface area contributed by atoms with Crippen LogP contribution >= 0.6 is 11.6 Å². The van der Waals surface area contributed by atoms with Crippen molar-refractivity contribution < 1.29 is 4.74 Å². The van der Waals surface area contributed by atoms with E-state index in [0.29, 0.717) is 5.15 Å². The average Bonchev–Trinajstić information content (AvgIpc) is 2.82. The quantitative estimate of drug-likeness (QED) is 0.799. The minimum absolute atomic E-state index is 0.579. The molecule has 1 aliphatic carbocycles. The van der Waals surface area contributed by atoms with Gasteiger partial charge in [0.1, 0.15) is 5.15 Å². The van der Waals surface area contributed by atoms with Gasteiger partial charge in [0, 0.05) is 45.0 Å². The zero-order chi connectivity index (χ0) is 14.9. The first-order chi connectivity index (χ1) is 10.8. The number of pyridine rings is 1. The summed E-state index contributed by atoms with van der Waals surface area (Å²) in [5, 5.41) is 0.579. The largest absolute Gasteiger partial charge is 0.379 e. The molecular formula is C17H24ClN3O. The van der Waals surface area contributed by atoms with Gasteiger partial charge in [0.15, 0.2) is 0 Å². The van der Waals surface area contributed by atoms with E-state index in [4.69, 9.17) is 16.3 Å². The minimum Gasteiger partial charge on any atom is -0.379 e. The third kappa shape index (κ3) is 3.02. The maximum atomic E-state index is 5.88. The van der Waals surface area contributed by atoms with Crippen molar-refractivity contribution in [2.24, 2.45) is 11.8 Å². The molecule has 3 fully saturated rings. The number of hydrogen-bond donors (Lipinski definition) is 0. The molecule has 5 heteroatoms. The SMILES string of the molecule is Clc1ccc(CN2CC3CCC(C2)C3N2CCOCC2)cn1. The fraction of sp³-hybridized carbons (Fsp3) is 0.706. The zero-order valence-electron chi connectivity index (χ0n) is 13.0. The van der Waals surface area contributed by atoms with Gasteiger partial charge in [-0.2, -0.15) is 0 Å². The molecule has 120 valence electrons. The second-order valence-corrected chi connectivity index (χ2v) is 7.31. The van der Waals surface area contributed by atoms with Crippen LogP contribution in [0.3, 0.4) is 0 Å². The number of hydrogen-bond acceptors (Lipinski definition) is 4. The van der Waals surface area contributed by atoms with Gasteiger partial charge in [-0.25, -0.2) is 4.98 Å². The lowest BCUT2D eigenvalue weighted by atomic mass is 9.90. The summed E-state index contributed by atoms with van der Waals surface area (Å²) >= 11 is 5.88. The molecule has 2 bridgehead atoms. The van der Waals surface area contributed by atoms with E-state index in [1.807, 2.05) is 12.3 Å². The molecule has 22 heavy (non-hydrogen) atoms. The van der Waals surface area contributed by atoms with Crippen LogP contribution in [0.25, 0.3) is 0 Å². The average molecular weight is 322 g/mol. The molecule has 4 nitrogen and oxygen atoms in total. The second-order valence-electron chi connectivity index (χ2n) is 6.92. The van der Waals surface area contributed by atoms with E-state index in [9.17, 15) is 0 Å². The molecule has 4 rings (SSSR count). The Morgan fingerprint density at radius 1 is 1.14 bits per heavy atom. The highest BCUT2D eigenvalue weighted by Crippen LogP contribution is 2.40. The van der Waals surface area contributed by atoms with Crippen molar-refractivity contribution in [1.82, 2.24) is 14.8 Å². The third-order valence-corrected chi connectivity index (χ3v) is 5.75. The number of ether oxygens (including phenoxy) is 1. The van der Waals surface area contributed by atoms with E-state index in [0.717, 1.165) is 50.7 Å². The van der Waals surface area contributed by atoms with E-state index in [1.54, 1.807) is 0 Å². The van der Waals surface area contributed by atoms with Gasteiger partial charge >= 0.3 is 0 Å². The molecule has 2 unspecified atom stereocenters. The molecule has 3 aliphatic rings. The maximum absolute atomic E-state index is 5.88. The number of morpholine rings is 1. The van der Waals surface area contributed by atoms with Crippen LogP contribution in [-0.2, 0) is 11.3 Å². The van der Waals surface area contributed by atoms with Gasteiger partial charge in [0.25, 0.3) is 0 Å². The summed E-state index contributed by atoms with van der Waals surface area (Å²) in [6.07, 6.45) is 4.70. The molecule has 1 aromatic rings.